The van der Waals surface area contributed by atoms with Gasteiger partial charge in [0.1, 0.15) is 17.9 Å². The maximum absolute atomic E-state index is 12.6. The van der Waals surface area contributed by atoms with Crippen molar-refractivity contribution >= 4 is 16.9 Å². The first kappa shape index (κ1) is 15.6. The number of rotatable bonds is 4. The fourth-order valence-corrected chi connectivity index (χ4v) is 3.04. The van der Waals surface area contributed by atoms with Crippen LogP contribution in [0.5, 0.6) is 0 Å². The van der Waals surface area contributed by atoms with Gasteiger partial charge in [-0.2, -0.15) is 15.0 Å². The van der Waals surface area contributed by atoms with E-state index in [2.05, 4.69) is 30.5 Å². The van der Waals surface area contributed by atoms with Crippen LogP contribution in [0.4, 0.5) is 0 Å². The van der Waals surface area contributed by atoms with Crippen LogP contribution in [0.2, 0.25) is 0 Å². The number of para-hydroxylation sites is 2. The van der Waals surface area contributed by atoms with E-state index in [1.807, 2.05) is 30.5 Å². The first-order chi connectivity index (χ1) is 13.3. The minimum atomic E-state index is -0.120. The molecule has 10 heteroatoms. The van der Waals surface area contributed by atoms with Gasteiger partial charge in [-0.05, 0) is 12.1 Å². The highest BCUT2D eigenvalue weighted by atomic mass is 16.2. The van der Waals surface area contributed by atoms with Crippen molar-refractivity contribution in [2.45, 2.75) is 12.6 Å². The number of aromatic nitrogens is 8. The molecule has 1 amide bonds. The number of hydrogen-bond donors (Lipinski definition) is 0. The van der Waals surface area contributed by atoms with Crippen molar-refractivity contribution in [3.63, 3.8) is 0 Å². The maximum atomic E-state index is 12.6. The average Bonchev–Trinajstić information content (AvgIpc) is 3.33. The molecule has 0 N–H and O–H groups in total. The summed E-state index contributed by atoms with van der Waals surface area (Å²) in [5.74, 6) is -0.120. The van der Waals surface area contributed by atoms with Gasteiger partial charge in [-0.1, -0.05) is 17.3 Å². The Hall–Kier alpha value is -3.69. The second-order valence-corrected chi connectivity index (χ2v) is 6.36. The SMILES string of the molecule is O=C(c1cnc2ccccc2n1)N1CC(n2cc(Cn3nccn3)nn2)C1. The number of carbonyl (C=O) groups excluding carboxylic acids is 1. The van der Waals surface area contributed by atoms with Gasteiger partial charge in [0.25, 0.3) is 5.91 Å². The number of fused-ring (bicyclic) bond motifs is 1. The first-order valence-electron chi connectivity index (χ1n) is 8.52. The third kappa shape index (κ3) is 2.90. The van der Waals surface area contributed by atoms with Gasteiger partial charge in [-0.25, -0.2) is 9.67 Å². The van der Waals surface area contributed by atoms with E-state index in [0.29, 0.717) is 30.8 Å². The number of benzene rings is 1. The van der Waals surface area contributed by atoms with Crippen molar-refractivity contribution in [1.82, 2.24) is 44.9 Å². The number of carbonyl (C=O) groups is 1. The summed E-state index contributed by atoms with van der Waals surface area (Å²) in [5.41, 5.74) is 2.62. The largest absolute Gasteiger partial charge is 0.333 e. The van der Waals surface area contributed by atoms with E-state index in [1.54, 1.807) is 26.8 Å². The van der Waals surface area contributed by atoms with Crippen LogP contribution in [0.1, 0.15) is 22.2 Å². The standard InChI is InChI=1S/C17H15N9O/c27-17(16-7-18-14-3-1-2-4-15(14)21-16)24-10-13(11-24)25-8-12(22-23-25)9-26-19-5-6-20-26/h1-8,13H,9-11H2. The maximum Gasteiger partial charge on any atom is 0.274 e. The van der Waals surface area contributed by atoms with E-state index < -0.39 is 0 Å². The van der Waals surface area contributed by atoms with Crippen molar-refractivity contribution in [2.75, 3.05) is 13.1 Å². The summed E-state index contributed by atoms with van der Waals surface area (Å²) in [6, 6.07) is 7.61. The minimum absolute atomic E-state index is 0.106. The van der Waals surface area contributed by atoms with E-state index in [9.17, 15) is 4.79 Å². The summed E-state index contributed by atoms with van der Waals surface area (Å²) in [7, 11) is 0. The summed E-state index contributed by atoms with van der Waals surface area (Å²) in [5, 5.41) is 16.4. The molecule has 27 heavy (non-hydrogen) atoms. The highest BCUT2D eigenvalue weighted by Crippen LogP contribution is 2.22. The van der Waals surface area contributed by atoms with Gasteiger partial charge in [0.15, 0.2) is 0 Å². The summed E-state index contributed by atoms with van der Waals surface area (Å²) in [6.07, 6.45) is 6.64. The van der Waals surface area contributed by atoms with Crippen LogP contribution < -0.4 is 0 Å². The van der Waals surface area contributed by atoms with E-state index in [-0.39, 0.29) is 11.9 Å². The van der Waals surface area contributed by atoms with Gasteiger partial charge < -0.3 is 4.90 Å². The Balaban J connectivity index is 1.24. The predicted octanol–water partition coefficient (Wildman–Crippen LogP) is 0.558. The van der Waals surface area contributed by atoms with Crippen molar-refractivity contribution in [2.24, 2.45) is 0 Å². The van der Waals surface area contributed by atoms with Crippen molar-refractivity contribution in [1.29, 1.82) is 0 Å². The summed E-state index contributed by atoms with van der Waals surface area (Å²) in [6.45, 7) is 1.60. The van der Waals surface area contributed by atoms with Crippen LogP contribution in [-0.2, 0) is 6.54 Å². The normalized spacial score (nSPS) is 14.4. The molecule has 5 rings (SSSR count). The molecular weight excluding hydrogens is 346 g/mol. The molecule has 1 aromatic carbocycles. The van der Waals surface area contributed by atoms with Crippen LogP contribution in [-0.4, -0.2) is 63.9 Å². The van der Waals surface area contributed by atoms with Crippen molar-refractivity contribution in [3.8, 4) is 0 Å². The van der Waals surface area contributed by atoms with Gasteiger partial charge >= 0.3 is 0 Å². The summed E-state index contributed by atoms with van der Waals surface area (Å²) < 4.78 is 1.79. The second kappa shape index (κ2) is 6.24. The Bertz CT molecular complexity index is 1100. The number of likely N-dealkylation sites (tertiary alicyclic amines) is 1. The number of hydrogen-bond acceptors (Lipinski definition) is 7. The van der Waals surface area contributed by atoms with Crippen molar-refractivity contribution < 1.29 is 4.79 Å². The van der Waals surface area contributed by atoms with E-state index in [1.165, 1.54) is 6.20 Å². The van der Waals surface area contributed by atoms with E-state index in [0.717, 1.165) is 11.2 Å². The number of nitrogens with zero attached hydrogens (tertiary/aromatic N) is 9. The lowest BCUT2D eigenvalue weighted by molar-refractivity contribution is 0.0492. The smallest absolute Gasteiger partial charge is 0.274 e. The Kier molecular flexibility index (Phi) is 3.59. The second-order valence-electron chi connectivity index (χ2n) is 6.36. The molecule has 1 saturated heterocycles. The molecule has 10 nitrogen and oxygen atoms in total. The fourth-order valence-electron chi connectivity index (χ4n) is 3.04. The molecule has 0 bridgehead atoms. The zero-order valence-electron chi connectivity index (χ0n) is 14.3. The van der Waals surface area contributed by atoms with E-state index >= 15 is 0 Å². The lowest BCUT2D eigenvalue weighted by Crippen LogP contribution is -2.51. The molecular formula is C17H15N9O. The third-order valence-corrected chi connectivity index (χ3v) is 4.52. The Labute approximate surface area is 153 Å². The molecule has 0 unspecified atom stereocenters. The van der Waals surface area contributed by atoms with Crippen LogP contribution in [0.15, 0.2) is 49.1 Å². The van der Waals surface area contributed by atoms with Gasteiger partial charge in [-0.3, -0.25) is 9.78 Å². The highest BCUT2D eigenvalue weighted by Gasteiger charge is 2.34. The molecule has 0 spiro atoms. The third-order valence-electron chi connectivity index (χ3n) is 4.52. The quantitative estimate of drug-likeness (QED) is 0.522. The molecule has 1 fully saturated rings. The van der Waals surface area contributed by atoms with Gasteiger partial charge in [0, 0.05) is 13.1 Å². The van der Waals surface area contributed by atoms with Crippen molar-refractivity contribution in [3.05, 3.63) is 60.4 Å². The Morgan fingerprint density at radius 3 is 2.70 bits per heavy atom. The van der Waals surface area contributed by atoms with E-state index in [4.69, 9.17) is 0 Å². The molecule has 0 aliphatic carbocycles. The molecule has 134 valence electrons. The molecule has 4 aromatic rings. The Morgan fingerprint density at radius 2 is 1.89 bits per heavy atom. The lowest BCUT2D eigenvalue weighted by Gasteiger charge is -2.38. The van der Waals surface area contributed by atoms with Crippen LogP contribution in [0.25, 0.3) is 11.0 Å². The zero-order chi connectivity index (χ0) is 18.2. The predicted molar refractivity (Wildman–Crippen MR) is 93.6 cm³/mol. The number of amides is 1. The molecule has 1 aliphatic rings. The molecule has 0 atom stereocenters. The topological polar surface area (TPSA) is 108 Å². The van der Waals surface area contributed by atoms with Gasteiger partial charge in [-0.15, -0.1) is 5.10 Å². The lowest BCUT2D eigenvalue weighted by atomic mass is 10.1. The summed E-state index contributed by atoms with van der Waals surface area (Å²) >= 11 is 0. The fraction of sp³-hybridized carbons (Fsp3) is 0.235. The molecule has 0 saturated carbocycles. The monoisotopic (exact) mass is 361 g/mol. The molecule has 4 heterocycles. The first-order valence-corrected chi connectivity index (χ1v) is 8.52. The molecule has 0 radical (unpaired) electrons. The highest BCUT2D eigenvalue weighted by molar-refractivity contribution is 5.94. The zero-order valence-corrected chi connectivity index (χ0v) is 14.3. The minimum Gasteiger partial charge on any atom is -0.333 e. The van der Waals surface area contributed by atoms with Crippen LogP contribution in [0.3, 0.4) is 0 Å². The Morgan fingerprint density at radius 1 is 1.11 bits per heavy atom. The average molecular weight is 361 g/mol. The molecule has 3 aromatic heterocycles. The van der Waals surface area contributed by atoms with Crippen LogP contribution >= 0.6 is 0 Å². The molecule has 1 aliphatic heterocycles. The summed E-state index contributed by atoms with van der Waals surface area (Å²) in [4.78, 5) is 24.6. The van der Waals surface area contributed by atoms with Crippen LogP contribution in [0, 0.1) is 0 Å². The van der Waals surface area contributed by atoms with Gasteiger partial charge in [0.05, 0.1) is 41.9 Å². The van der Waals surface area contributed by atoms with Gasteiger partial charge in [0.2, 0.25) is 0 Å².